The third-order valence-corrected chi connectivity index (χ3v) is 2.88. The van der Waals surface area contributed by atoms with Crippen LogP contribution in [0, 0.1) is 6.92 Å². The van der Waals surface area contributed by atoms with E-state index in [4.69, 9.17) is 0 Å². The van der Waals surface area contributed by atoms with Crippen molar-refractivity contribution in [2.45, 2.75) is 32.9 Å². The molecule has 0 saturated carbocycles. The van der Waals surface area contributed by atoms with E-state index in [2.05, 4.69) is 23.9 Å². The van der Waals surface area contributed by atoms with Crippen molar-refractivity contribution in [1.29, 1.82) is 0 Å². The van der Waals surface area contributed by atoms with E-state index in [0.29, 0.717) is 11.6 Å². The lowest BCUT2D eigenvalue weighted by molar-refractivity contribution is -0.144. The maximum absolute atomic E-state index is 12.4. The van der Waals surface area contributed by atoms with Gasteiger partial charge in [0.25, 0.3) is 5.82 Å². The molecule has 1 aromatic carbocycles. The highest BCUT2D eigenvalue weighted by Gasteiger charge is 2.35. The van der Waals surface area contributed by atoms with Crippen molar-refractivity contribution in [3.8, 4) is 5.69 Å². The largest absolute Gasteiger partial charge is 0.453 e. The van der Waals surface area contributed by atoms with Crippen LogP contribution in [-0.2, 0) is 6.18 Å². The Morgan fingerprint density at radius 2 is 1.89 bits per heavy atom. The molecule has 2 aromatic rings. The molecule has 19 heavy (non-hydrogen) atoms. The van der Waals surface area contributed by atoms with Gasteiger partial charge in [0.1, 0.15) is 6.33 Å². The van der Waals surface area contributed by atoms with Crippen LogP contribution in [0.5, 0.6) is 0 Å². The monoisotopic (exact) mass is 269 g/mol. The Morgan fingerprint density at radius 1 is 1.21 bits per heavy atom. The Hall–Kier alpha value is -1.85. The Balaban J connectivity index is 2.40. The highest BCUT2D eigenvalue weighted by molar-refractivity contribution is 5.42. The van der Waals surface area contributed by atoms with Crippen LogP contribution in [0.3, 0.4) is 0 Å². The fraction of sp³-hybridized carbons (Fsp3) is 0.385. The summed E-state index contributed by atoms with van der Waals surface area (Å²) < 4.78 is 38.5. The Kier molecular flexibility index (Phi) is 3.34. The van der Waals surface area contributed by atoms with Gasteiger partial charge in [-0.2, -0.15) is 13.2 Å². The molecule has 1 heterocycles. The summed E-state index contributed by atoms with van der Waals surface area (Å²) in [6.07, 6.45) is -3.43. The summed E-state index contributed by atoms with van der Waals surface area (Å²) in [6.45, 7) is 5.97. The van der Waals surface area contributed by atoms with Crippen LogP contribution < -0.4 is 0 Å². The minimum absolute atomic E-state index is 0.370. The van der Waals surface area contributed by atoms with Crippen molar-refractivity contribution >= 4 is 0 Å². The lowest BCUT2D eigenvalue weighted by Gasteiger charge is -2.10. The maximum atomic E-state index is 12.4. The van der Waals surface area contributed by atoms with Crippen molar-refractivity contribution in [3.63, 3.8) is 0 Å². The molecule has 0 unspecified atom stereocenters. The number of benzene rings is 1. The second-order valence-corrected chi connectivity index (χ2v) is 4.71. The zero-order valence-corrected chi connectivity index (χ0v) is 10.9. The number of aryl methyl sites for hydroxylation is 1. The summed E-state index contributed by atoms with van der Waals surface area (Å²) in [5.41, 5.74) is 2.61. The van der Waals surface area contributed by atoms with E-state index in [-0.39, 0.29) is 0 Å². The summed E-state index contributed by atoms with van der Waals surface area (Å²) in [7, 11) is 0. The van der Waals surface area contributed by atoms with Crippen molar-refractivity contribution in [2.24, 2.45) is 0 Å². The van der Waals surface area contributed by atoms with Gasteiger partial charge < -0.3 is 0 Å². The first-order valence-electron chi connectivity index (χ1n) is 5.89. The summed E-state index contributed by atoms with van der Waals surface area (Å²) in [6, 6.07) is 5.61. The van der Waals surface area contributed by atoms with E-state index in [9.17, 15) is 13.2 Å². The SMILES string of the molecule is Cc1cc(C(C)C)ccc1-n1cnc(C(F)(F)F)n1. The summed E-state index contributed by atoms with van der Waals surface area (Å²) >= 11 is 0. The lowest BCUT2D eigenvalue weighted by Crippen LogP contribution is -2.09. The Labute approximate surface area is 109 Å². The van der Waals surface area contributed by atoms with Crippen molar-refractivity contribution in [3.05, 3.63) is 41.5 Å². The zero-order chi connectivity index (χ0) is 14.2. The molecule has 2 rings (SSSR count). The van der Waals surface area contributed by atoms with Gasteiger partial charge in [0.2, 0.25) is 0 Å². The number of hydrogen-bond acceptors (Lipinski definition) is 2. The Morgan fingerprint density at radius 3 is 2.37 bits per heavy atom. The van der Waals surface area contributed by atoms with Gasteiger partial charge in [0, 0.05) is 0 Å². The van der Waals surface area contributed by atoms with E-state index < -0.39 is 12.0 Å². The third kappa shape index (κ3) is 2.77. The first-order chi connectivity index (χ1) is 8.79. The van der Waals surface area contributed by atoms with Crippen molar-refractivity contribution in [2.75, 3.05) is 0 Å². The van der Waals surface area contributed by atoms with Crippen LogP contribution in [-0.4, -0.2) is 14.8 Å². The van der Waals surface area contributed by atoms with E-state index in [1.165, 1.54) is 0 Å². The summed E-state index contributed by atoms with van der Waals surface area (Å²) in [4.78, 5) is 3.29. The molecule has 0 spiro atoms. The molecule has 0 aliphatic rings. The number of hydrogen-bond donors (Lipinski definition) is 0. The standard InChI is InChI=1S/C13H14F3N3/c1-8(2)10-4-5-11(9(3)6-10)19-7-17-12(18-19)13(14,15)16/h4-8H,1-3H3. The molecule has 0 fully saturated rings. The second kappa shape index (κ2) is 4.68. The minimum atomic E-state index is -4.52. The van der Waals surface area contributed by atoms with E-state index >= 15 is 0 Å². The number of aromatic nitrogens is 3. The predicted octanol–water partition coefficient (Wildman–Crippen LogP) is 3.72. The molecular formula is C13H14F3N3. The molecule has 0 aliphatic heterocycles. The third-order valence-electron chi connectivity index (χ3n) is 2.88. The van der Waals surface area contributed by atoms with Crippen LogP contribution in [0.4, 0.5) is 13.2 Å². The van der Waals surface area contributed by atoms with Crippen molar-refractivity contribution < 1.29 is 13.2 Å². The molecule has 0 aliphatic carbocycles. The van der Waals surface area contributed by atoms with Gasteiger partial charge in [-0.25, -0.2) is 9.67 Å². The van der Waals surface area contributed by atoms with Crippen LogP contribution in [0.15, 0.2) is 24.5 Å². The molecule has 0 bridgehead atoms. The van der Waals surface area contributed by atoms with Crippen LogP contribution in [0.25, 0.3) is 5.69 Å². The highest BCUT2D eigenvalue weighted by Crippen LogP contribution is 2.27. The second-order valence-electron chi connectivity index (χ2n) is 4.71. The van der Waals surface area contributed by atoms with Gasteiger partial charge >= 0.3 is 6.18 Å². The van der Waals surface area contributed by atoms with Gasteiger partial charge in [0.15, 0.2) is 0 Å². The first-order valence-corrected chi connectivity index (χ1v) is 5.89. The van der Waals surface area contributed by atoms with Gasteiger partial charge in [-0.05, 0) is 30.0 Å². The first kappa shape index (κ1) is 13.6. The van der Waals surface area contributed by atoms with Gasteiger partial charge in [-0.1, -0.05) is 26.0 Å². The van der Waals surface area contributed by atoms with Crippen LogP contribution in [0.1, 0.15) is 36.7 Å². The van der Waals surface area contributed by atoms with Gasteiger partial charge in [-0.3, -0.25) is 0 Å². The fourth-order valence-corrected chi connectivity index (χ4v) is 1.80. The molecule has 102 valence electrons. The molecule has 0 radical (unpaired) electrons. The molecule has 1 aromatic heterocycles. The Bertz CT molecular complexity index is 585. The van der Waals surface area contributed by atoms with Crippen LogP contribution in [0.2, 0.25) is 0 Å². The smallest absolute Gasteiger partial charge is 0.220 e. The van der Waals surface area contributed by atoms with Crippen LogP contribution >= 0.6 is 0 Å². The summed E-state index contributed by atoms with van der Waals surface area (Å²) in [5, 5.41) is 3.47. The molecule has 3 nitrogen and oxygen atoms in total. The highest BCUT2D eigenvalue weighted by atomic mass is 19.4. The average molecular weight is 269 g/mol. The topological polar surface area (TPSA) is 30.7 Å². The number of rotatable bonds is 2. The minimum Gasteiger partial charge on any atom is -0.220 e. The molecule has 0 saturated heterocycles. The van der Waals surface area contributed by atoms with Gasteiger partial charge in [0.05, 0.1) is 5.69 Å². The number of nitrogens with zero attached hydrogens (tertiary/aromatic N) is 3. The van der Waals surface area contributed by atoms with Gasteiger partial charge in [-0.15, -0.1) is 5.10 Å². The molecule has 0 amide bonds. The average Bonchev–Trinajstić information content (AvgIpc) is 2.77. The number of alkyl halides is 3. The summed E-state index contributed by atoms with van der Waals surface area (Å²) in [5.74, 6) is -0.755. The molecule has 6 heteroatoms. The molecular weight excluding hydrogens is 255 g/mol. The predicted molar refractivity (Wildman–Crippen MR) is 65.2 cm³/mol. The van der Waals surface area contributed by atoms with E-state index in [0.717, 1.165) is 22.1 Å². The zero-order valence-electron chi connectivity index (χ0n) is 10.9. The van der Waals surface area contributed by atoms with Crippen molar-refractivity contribution in [1.82, 2.24) is 14.8 Å². The normalized spacial score (nSPS) is 12.2. The quantitative estimate of drug-likeness (QED) is 0.832. The van der Waals surface area contributed by atoms with E-state index in [1.807, 2.05) is 19.1 Å². The van der Waals surface area contributed by atoms with E-state index in [1.54, 1.807) is 6.07 Å². The fourth-order valence-electron chi connectivity index (χ4n) is 1.80. The number of halogens is 3. The molecule has 0 N–H and O–H groups in total. The lowest BCUT2D eigenvalue weighted by atomic mass is 10.0. The maximum Gasteiger partial charge on any atom is 0.453 e. The molecule has 0 atom stereocenters.